The average molecular weight is 739 g/mol. The van der Waals surface area contributed by atoms with Crippen LogP contribution in [0.25, 0.3) is 17.2 Å². The summed E-state index contributed by atoms with van der Waals surface area (Å²) in [5.41, 5.74) is 2.83. The minimum absolute atomic E-state index is 0.0604. The van der Waals surface area contributed by atoms with Crippen LogP contribution in [-0.4, -0.2) is 56.4 Å². The fourth-order valence-corrected chi connectivity index (χ4v) is 5.60. The standard InChI is InChI=1S/C44H50O10/c1-3-41(45)51-29-10-5-4-9-28-49-37-21-14-34(15-22-37)16-27-42(46)53-40-25-19-36(20-26-40)35-17-23-38(24-18-35)50-30-11-31-52-44(48)33(2)32-43(47)54-39-12-7-6-8-13-39/h3,14-27,39H,1-2,4-13,28-32H2/b27-16+. The van der Waals surface area contributed by atoms with Gasteiger partial charge in [-0.25, -0.2) is 14.4 Å². The van der Waals surface area contributed by atoms with Crippen LogP contribution in [0.15, 0.2) is 104 Å². The lowest BCUT2D eigenvalue weighted by Gasteiger charge is -2.21. The van der Waals surface area contributed by atoms with Gasteiger partial charge in [0.1, 0.15) is 23.4 Å². The van der Waals surface area contributed by atoms with Gasteiger partial charge in [-0.2, -0.15) is 0 Å². The molecule has 0 N–H and O–H groups in total. The quantitative estimate of drug-likeness (QED) is 0.0325. The lowest BCUT2D eigenvalue weighted by Crippen LogP contribution is -2.22. The Hall–Kier alpha value is -5.64. The van der Waals surface area contributed by atoms with Crippen molar-refractivity contribution in [3.05, 3.63) is 109 Å². The number of hydrogen-bond donors (Lipinski definition) is 0. The Kier molecular flexibility index (Phi) is 17.6. The van der Waals surface area contributed by atoms with Crippen molar-refractivity contribution in [2.45, 2.75) is 76.7 Å². The predicted octanol–water partition coefficient (Wildman–Crippen LogP) is 8.78. The highest BCUT2D eigenvalue weighted by molar-refractivity contribution is 5.93. The van der Waals surface area contributed by atoms with Crippen LogP contribution in [0.2, 0.25) is 0 Å². The number of rotatable bonds is 22. The van der Waals surface area contributed by atoms with Crippen molar-refractivity contribution < 1.29 is 47.6 Å². The van der Waals surface area contributed by atoms with Gasteiger partial charge in [0.05, 0.1) is 32.8 Å². The third kappa shape index (κ3) is 15.5. The fourth-order valence-electron chi connectivity index (χ4n) is 5.60. The van der Waals surface area contributed by atoms with Crippen LogP contribution in [0.5, 0.6) is 17.2 Å². The van der Waals surface area contributed by atoms with E-state index in [1.54, 1.807) is 18.2 Å². The Morgan fingerprint density at radius 1 is 0.630 bits per heavy atom. The molecule has 1 saturated carbocycles. The molecule has 1 aliphatic rings. The summed E-state index contributed by atoms with van der Waals surface area (Å²) in [5, 5.41) is 0. The first-order valence-corrected chi connectivity index (χ1v) is 18.6. The van der Waals surface area contributed by atoms with Gasteiger partial charge in [0.2, 0.25) is 0 Å². The van der Waals surface area contributed by atoms with Crippen molar-refractivity contribution in [2.75, 3.05) is 26.4 Å². The maximum atomic E-state index is 12.4. The Bertz CT molecular complexity index is 1680. The van der Waals surface area contributed by atoms with Crippen molar-refractivity contribution in [1.29, 1.82) is 0 Å². The number of benzene rings is 3. The van der Waals surface area contributed by atoms with Gasteiger partial charge in [-0.15, -0.1) is 0 Å². The zero-order valence-electron chi connectivity index (χ0n) is 30.8. The summed E-state index contributed by atoms with van der Waals surface area (Å²) in [7, 11) is 0. The van der Waals surface area contributed by atoms with Gasteiger partial charge < -0.3 is 28.4 Å². The summed E-state index contributed by atoms with van der Waals surface area (Å²) in [6.07, 6.45) is 13.2. The van der Waals surface area contributed by atoms with Gasteiger partial charge in [-0.05, 0) is 111 Å². The molecule has 4 rings (SSSR count). The van der Waals surface area contributed by atoms with E-state index >= 15 is 0 Å². The van der Waals surface area contributed by atoms with Crippen LogP contribution in [0.4, 0.5) is 0 Å². The number of unbranched alkanes of at least 4 members (excludes halogenated alkanes) is 3. The molecule has 3 aromatic rings. The summed E-state index contributed by atoms with van der Waals surface area (Å²) >= 11 is 0. The number of carbonyl (C=O) groups excluding carboxylic acids is 4. The van der Waals surface area contributed by atoms with Crippen molar-refractivity contribution in [3.8, 4) is 28.4 Å². The van der Waals surface area contributed by atoms with Crippen LogP contribution in [0, 0.1) is 0 Å². The van der Waals surface area contributed by atoms with E-state index in [4.69, 9.17) is 28.4 Å². The zero-order valence-corrected chi connectivity index (χ0v) is 30.8. The highest BCUT2D eigenvalue weighted by atomic mass is 16.6. The molecule has 0 saturated heterocycles. The molecule has 0 aromatic heterocycles. The highest BCUT2D eigenvalue weighted by Crippen LogP contribution is 2.25. The molecular formula is C44H50O10. The summed E-state index contributed by atoms with van der Waals surface area (Å²) in [6, 6.07) is 22.3. The average Bonchev–Trinajstić information content (AvgIpc) is 3.19. The van der Waals surface area contributed by atoms with Crippen LogP contribution in [0.3, 0.4) is 0 Å². The molecule has 0 bridgehead atoms. The lowest BCUT2D eigenvalue weighted by atomic mass is 9.98. The van der Waals surface area contributed by atoms with Crippen LogP contribution in [0.1, 0.15) is 76.2 Å². The Morgan fingerprint density at radius 3 is 1.81 bits per heavy atom. The second-order valence-corrected chi connectivity index (χ2v) is 12.9. The predicted molar refractivity (Wildman–Crippen MR) is 206 cm³/mol. The van der Waals surface area contributed by atoms with E-state index in [9.17, 15) is 19.2 Å². The first-order chi connectivity index (χ1) is 26.3. The molecule has 0 aliphatic heterocycles. The van der Waals surface area contributed by atoms with Gasteiger partial charge in [0.25, 0.3) is 0 Å². The summed E-state index contributed by atoms with van der Waals surface area (Å²) in [6.45, 7) is 8.54. The van der Waals surface area contributed by atoms with E-state index in [0.29, 0.717) is 37.7 Å². The van der Waals surface area contributed by atoms with E-state index in [1.165, 1.54) is 12.5 Å². The van der Waals surface area contributed by atoms with Crippen molar-refractivity contribution >= 4 is 30.0 Å². The second-order valence-electron chi connectivity index (χ2n) is 12.9. The molecule has 54 heavy (non-hydrogen) atoms. The number of esters is 4. The van der Waals surface area contributed by atoms with Crippen molar-refractivity contribution in [1.82, 2.24) is 0 Å². The smallest absolute Gasteiger partial charge is 0.336 e. The molecule has 0 heterocycles. The molecule has 0 radical (unpaired) electrons. The normalized spacial score (nSPS) is 12.7. The van der Waals surface area contributed by atoms with Crippen molar-refractivity contribution in [3.63, 3.8) is 0 Å². The van der Waals surface area contributed by atoms with Crippen LogP contribution < -0.4 is 14.2 Å². The summed E-state index contributed by atoms with van der Waals surface area (Å²) in [4.78, 5) is 47.8. The lowest BCUT2D eigenvalue weighted by molar-refractivity contribution is -0.151. The second kappa shape index (κ2) is 23.1. The molecule has 0 amide bonds. The molecular weight excluding hydrogens is 688 g/mol. The number of carbonyl (C=O) groups is 4. The fraction of sp³-hybridized carbons (Fsp3) is 0.364. The molecule has 0 unspecified atom stereocenters. The summed E-state index contributed by atoms with van der Waals surface area (Å²) < 4.78 is 32.7. The monoisotopic (exact) mass is 738 g/mol. The largest absolute Gasteiger partial charge is 0.494 e. The highest BCUT2D eigenvalue weighted by Gasteiger charge is 2.20. The SMILES string of the molecule is C=CC(=O)OCCCCCCOc1ccc(/C=C/C(=O)Oc2ccc(-c3ccc(OCCCOC(=O)C(=C)CC(=O)OC4CCCCC4)cc3)cc2)cc1. The van der Waals surface area contributed by atoms with E-state index in [2.05, 4.69) is 13.2 Å². The van der Waals surface area contributed by atoms with E-state index < -0.39 is 23.9 Å². The van der Waals surface area contributed by atoms with Gasteiger partial charge >= 0.3 is 23.9 Å². The molecule has 10 nitrogen and oxygen atoms in total. The molecule has 0 spiro atoms. The van der Waals surface area contributed by atoms with Gasteiger partial charge in [-0.1, -0.05) is 56.0 Å². The zero-order chi connectivity index (χ0) is 38.4. The minimum Gasteiger partial charge on any atom is -0.494 e. The number of hydrogen-bond acceptors (Lipinski definition) is 10. The van der Waals surface area contributed by atoms with Gasteiger partial charge in [-0.3, -0.25) is 4.79 Å². The van der Waals surface area contributed by atoms with E-state index in [-0.39, 0.29) is 24.7 Å². The minimum atomic E-state index is -0.603. The topological polar surface area (TPSA) is 124 Å². The molecule has 286 valence electrons. The first-order valence-electron chi connectivity index (χ1n) is 18.6. The van der Waals surface area contributed by atoms with Crippen LogP contribution in [-0.2, 0) is 33.4 Å². The molecule has 1 aliphatic carbocycles. The summed E-state index contributed by atoms with van der Waals surface area (Å²) in [5.74, 6) is -0.0653. The van der Waals surface area contributed by atoms with Crippen LogP contribution >= 0.6 is 0 Å². The third-order valence-corrected chi connectivity index (χ3v) is 8.56. The Morgan fingerprint density at radius 2 is 1.19 bits per heavy atom. The molecule has 10 heteroatoms. The van der Waals surface area contributed by atoms with Gasteiger partial charge in [0, 0.05) is 24.1 Å². The van der Waals surface area contributed by atoms with Crippen molar-refractivity contribution in [2.24, 2.45) is 0 Å². The maximum Gasteiger partial charge on any atom is 0.336 e. The van der Waals surface area contributed by atoms with E-state index in [1.807, 2.05) is 60.7 Å². The van der Waals surface area contributed by atoms with Gasteiger partial charge in [0.15, 0.2) is 0 Å². The number of ether oxygens (including phenoxy) is 6. The third-order valence-electron chi connectivity index (χ3n) is 8.56. The Balaban J connectivity index is 1.08. The molecule has 1 fully saturated rings. The molecule has 0 atom stereocenters. The first kappa shape index (κ1) is 41.1. The maximum absolute atomic E-state index is 12.4. The van der Waals surface area contributed by atoms with E-state index in [0.717, 1.165) is 79.9 Å². The molecule has 3 aromatic carbocycles. The Labute approximate surface area is 317 Å².